The van der Waals surface area contributed by atoms with Crippen molar-refractivity contribution in [1.29, 1.82) is 0 Å². The van der Waals surface area contributed by atoms with Gasteiger partial charge in [-0.15, -0.1) is 0 Å². The average molecular weight is 226 g/mol. The number of hydrogen-bond acceptors (Lipinski definition) is 2. The molecule has 0 aliphatic rings. The Balaban J connectivity index is 2.43. The summed E-state index contributed by atoms with van der Waals surface area (Å²) >= 11 is 0. The first-order valence-corrected chi connectivity index (χ1v) is 5.79. The van der Waals surface area contributed by atoms with Crippen LogP contribution in [0.1, 0.15) is 26.3 Å². The third-order valence-corrected chi connectivity index (χ3v) is 2.85. The number of nitrogens with two attached hydrogens (primary N) is 1. The Morgan fingerprint density at radius 3 is 2.35 bits per heavy atom. The van der Waals surface area contributed by atoms with Crippen molar-refractivity contribution in [1.82, 2.24) is 4.98 Å². The van der Waals surface area contributed by atoms with E-state index in [2.05, 4.69) is 50.0 Å². The van der Waals surface area contributed by atoms with Gasteiger partial charge in [0.05, 0.1) is 0 Å². The third-order valence-electron chi connectivity index (χ3n) is 2.85. The minimum atomic E-state index is 0.164. The fraction of sp³-hybridized carbons (Fsp3) is 0.267. The van der Waals surface area contributed by atoms with Crippen molar-refractivity contribution >= 4 is 5.82 Å². The van der Waals surface area contributed by atoms with E-state index in [1.165, 1.54) is 11.1 Å². The van der Waals surface area contributed by atoms with E-state index in [1.54, 1.807) is 0 Å². The summed E-state index contributed by atoms with van der Waals surface area (Å²) in [6.45, 7) is 6.65. The van der Waals surface area contributed by atoms with Gasteiger partial charge in [-0.2, -0.15) is 0 Å². The second-order valence-electron chi connectivity index (χ2n) is 5.30. The summed E-state index contributed by atoms with van der Waals surface area (Å²) in [5.41, 5.74) is 9.37. The number of rotatable bonds is 1. The Morgan fingerprint density at radius 1 is 1.00 bits per heavy atom. The van der Waals surface area contributed by atoms with Gasteiger partial charge in [0, 0.05) is 11.8 Å². The molecule has 0 amide bonds. The summed E-state index contributed by atoms with van der Waals surface area (Å²) in [4.78, 5) is 4.13. The molecular formula is C15H18N2. The van der Waals surface area contributed by atoms with Gasteiger partial charge in [-0.05, 0) is 28.7 Å². The van der Waals surface area contributed by atoms with E-state index in [0.717, 1.165) is 5.56 Å². The maximum absolute atomic E-state index is 5.59. The highest BCUT2D eigenvalue weighted by Crippen LogP contribution is 2.27. The molecule has 2 rings (SSSR count). The van der Waals surface area contributed by atoms with Crippen LogP contribution in [0.3, 0.4) is 0 Å². The summed E-state index contributed by atoms with van der Waals surface area (Å²) in [5, 5.41) is 0. The lowest BCUT2D eigenvalue weighted by atomic mass is 9.85. The van der Waals surface area contributed by atoms with Gasteiger partial charge in [0.2, 0.25) is 0 Å². The van der Waals surface area contributed by atoms with E-state index in [4.69, 9.17) is 5.73 Å². The highest BCUT2D eigenvalue weighted by molar-refractivity contribution is 5.64. The van der Waals surface area contributed by atoms with Gasteiger partial charge < -0.3 is 5.73 Å². The van der Waals surface area contributed by atoms with Crippen molar-refractivity contribution in [3.63, 3.8) is 0 Å². The van der Waals surface area contributed by atoms with Crippen molar-refractivity contribution in [3.05, 3.63) is 48.2 Å². The molecule has 2 heteroatoms. The molecule has 0 aliphatic carbocycles. The molecule has 88 valence electrons. The molecule has 0 saturated heterocycles. The maximum Gasteiger partial charge on any atom is 0.123 e. The van der Waals surface area contributed by atoms with Crippen LogP contribution in [0.15, 0.2) is 42.6 Å². The van der Waals surface area contributed by atoms with E-state index >= 15 is 0 Å². The maximum atomic E-state index is 5.59. The predicted octanol–water partition coefficient (Wildman–Crippen LogP) is 3.63. The molecule has 17 heavy (non-hydrogen) atoms. The number of nitrogens with zero attached hydrogens (tertiary/aromatic N) is 1. The van der Waals surface area contributed by atoms with Crippen LogP contribution in [0.5, 0.6) is 0 Å². The van der Waals surface area contributed by atoms with E-state index < -0.39 is 0 Å². The molecule has 0 spiro atoms. The highest BCUT2D eigenvalue weighted by atomic mass is 14.8. The normalized spacial score (nSPS) is 11.5. The summed E-state index contributed by atoms with van der Waals surface area (Å²) < 4.78 is 0. The van der Waals surface area contributed by atoms with Crippen molar-refractivity contribution in [2.75, 3.05) is 5.73 Å². The van der Waals surface area contributed by atoms with Crippen LogP contribution in [-0.2, 0) is 5.41 Å². The lowest BCUT2D eigenvalue weighted by molar-refractivity contribution is 0.590. The summed E-state index contributed by atoms with van der Waals surface area (Å²) in [6.07, 6.45) is 1.82. The second kappa shape index (κ2) is 4.21. The Bertz CT molecular complexity index is 507. The zero-order valence-corrected chi connectivity index (χ0v) is 10.6. The minimum Gasteiger partial charge on any atom is -0.384 e. The van der Waals surface area contributed by atoms with Gasteiger partial charge in [-0.1, -0.05) is 45.0 Å². The molecule has 0 aliphatic heterocycles. The fourth-order valence-corrected chi connectivity index (χ4v) is 1.74. The van der Waals surface area contributed by atoms with Crippen LogP contribution in [0.4, 0.5) is 5.82 Å². The number of hydrogen-bond donors (Lipinski definition) is 1. The van der Waals surface area contributed by atoms with Crippen LogP contribution >= 0.6 is 0 Å². The van der Waals surface area contributed by atoms with Crippen molar-refractivity contribution in [2.24, 2.45) is 0 Å². The molecule has 0 unspecified atom stereocenters. The van der Waals surface area contributed by atoms with Crippen LogP contribution in [-0.4, -0.2) is 4.98 Å². The molecular weight excluding hydrogens is 208 g/mol. The van der Waals surface area contributed by atoms with E-state index in [9.17, 15) is 0 Å². The molecule has 1 aromatic carbocycles. The monoisotopic (exact) mass is 226 g/mol. The summed E-state index contributed by atoms with van der Waals surface area (Å²) in [5.74, 6) is 0.556. The van der Waals surface area contributed by atoms with Crippen LogP contribution < -0.4 is 5.73 Å². The first-order chi connectivity index (χ1) is 7.97. The molecule has 1 aromatic heterocycles. The van der Waals surface area contributed by atoms with Crippen LogP contribution in [0, 0.1) is 0 Å². The number of aromatic nitrogens is 1. The van der Waals surface area contributed by atoms with Gasteiger partial charge in [0.1, 0.15) is 5.82 Å². The minimum absolute atomic E-state index is 0.164. The molecule has 1 heterocycles. The first kappa shape index (κ1) is 11.6. The van der Waals surface area contributed by atoms with E-state index in [1.807, 2.05) is 18.3 Å². The molecule has 2 aromatic rings. The molecule has 0 saturated carbocycles. The number of pyridine rings is 1. The van der Waals surface area contributed by atoms with Crippen LogP contribution in [0.25, 0.3) is 11.1 Å². The number of anilines is 1. The molecule has 0 radical (unpaired) electrons. The highest BCUT2D eigenvalue weighted by Gasteiger charge is 2.13. The topological polar surface area (TPSA) is 38.9 Å². The average Bonchev–Trinajstić information content (AvgIpc) is 2.29. The predicted molar refractivity (Wildman–Crippen MR) is 72.8 cm³/mol. The van der Waals surface area contributed by atoms with Crippen LogP contribution in [0.2, 0.25) is 0 Å². The molecule has 2 N–H and O–H groups in total. The summed E-state index contributed by atoms with van der Waals surface area (Å²) in [7, 11) is 0. The zero-order chi connectivity index (χ0) is 12.5. The second-order valence-corrected chi connectivity index (χ2v) is 5.30. The van der Waals surface area contributed by atoms with Gasteiger partial charge in [0.25, 0.3) is 0 Å². The number of nitrogen functional groups attached to an aromatic ring is 1. The fourth-order valence-electron chi connectivity index (χ4n) is 1.74. The Hall–Kier alpha value is -1.83. The molecule has 0 bridgehead atoms. The Labute approximate surface area is 103 Å². The summed E-state index contributed by atoms with van der Waals surface area (Å²) in [6, 6.07) is 12.4. The van der Waals surface area contributed by atoms with E-state index in [0.29, 0.717) is 5.82 Å². The molecule has 0 atom stereocenters. The van der Waals surface area contributed by atoms with Crippen molar-refractivity contribution in [3.8, 4) is 11.1 Å². The smallest absolute Gasteiger partial charge is 0.123 e. The van der Waals surface area contributed by atoms with Gasteiger partial charge in [-0.3, -0.25) is 0 Å². The van der Waals surface area contributed by atoms with Gasteiger partial charge >= 0.3 is 0 Å². The quantitative estimate of drug-likeness (QED) is 0.806. The van der Waals surface area contributed by atoms with Crippen molar-refractivity contribution < 1.29 is 0 Å². The Morgan fingerprint density at radius 2 is 1.76 bits per heavy atom. The zero-order valence-electron chi connectivity index (χ0n) is 10.6. The number of benzene rings is 1. The van der Waals surface area contributed by atoms with Gasteiger partial charge in [-0.25, -0.2) is 4.98 Å². The van der Waals surface area contributed by atoms with Crippen molar-refractivity contribution in [2.45, 2.75) is 26.2 Å². The standard InChI is InChI=1S/C15H18N2/c1-15(2,3)13-6-4-5-11(9-13)12-7-8-14(16)17-10-12/h4-10H,1-3H3,(H2,16,17). The van der Waals surface area contributed by atoms with E-state index in [-0.39, 0.29) is 5.41 Å². The SMILES string of the molecule is CC(C)(C)c1cccc(-c2ccc(N)nc2)c1. The first-order valence-electron chi connectivity index (χ1n) is 5.79. The molecule has 2 nitrogen and oxygen atoms in total. The third kappa shape index (κ3) is 2.64. The Kier molecular flexibility index (Phi) is 2.88. The lowest BCUT2D eigenvalue weighted by Gasteiger charge is -2.19. The van der Waals surface area contributed by atoms with Gasteiger partial charge in [0.15, 0.2) is 0 Å². The molecule has 0 fully saturated rings. The largest absolute Gasteiger partial charge is 0.384 e. The lowest BCUT2D eigenvalue weighted by Crippen LogP contribution is -2.10.